The molecule has 6 heteroatoms. The molecule has 3 aromatic carbocycles. The van der Waals surface area contributed by atoms with Gasteiger partial charge in [0.25, 0.3) is 0 Å². The lowest BCUT2D eigenvalue weighted by molar-refractivity contribution is 0.0600. The molecule has 3 aromatic rings. The fraction of sp³-hybridized carbons (Fsp3) is 0.0500. The van der Waals surface area contributed by atoms with Gasteiger partial charge in [0, 0.05) is 0 Å². The van der Waals surface area contributed by atoms with Gasteiger partial charge in [0.05, 0.1) is 21.6 Å². The zero-order chi connectivity index (χ0) is 18.7. The normalized spacial score (nSPS) is 10.4. The molecule has 1 N–H and O–H groups in total. The van der Waals surface area contributed by atoms with Crippen molar-refractivity contribution in [2.45, 2.75) is 0 Å². The number of carbonyl (C=O) groups is 1. The van der Waals surface area contributed by atoms with Crippen LogP contribution in [0.15, 0.2) is 69.6 Å². The molecule has 0 aromatic heterocycles. The van der Waals surface area contributed by atoms with Crippen molar-refractivity contribution in [3.8, 4) is 28.4 Å². The number of aromatic hydroxyl groups is 1. The molecule has 3 rings (SSSR count). The van der Waals surface area contributed by atoms with Gasteiger partial charge in [-0.25, -0.2) is 4.79 Å². The first-order chi connectivity index (χ1) is 12.5. The number of hydrogen-bond acceptors (Lipinski definition) is 4. The quantitative estimate of drug-likeness (QED) is 0.457. The van der Waals surface area contributed by atoms with E-state index in [2.05, 4.69) is 31.9 Å². The molecule has 4 nitrogen and oxygen atoms in total. The molecule has 26 heavy (non-hydrogen) atoms. The van der Waals surface area contributed by atoms with Crippen LogP contribution >= 0.6 is 31.9 Å². The average molecular weight is 478 g/mol. The molecule has 0 fully saturated rings. The second-order valence-corrected chi connectivity index (χ2v) is 7.14. The monoisotopic (exact) mass is 476 g/mol. The molecule has 0 aliphatic heterocycles. The summed E-state index contributed by atoms with van der Waals surface area (Å²) in [7, 11) is 1.34. The zero-order valence-corrected chi connectivity index (χ0v) is 16.9. The predicted molar refractivity (Wildman–Crippen MR) is 107 cm³/mol. The van der Waals surface area contributed by atoms with E-state index in [4.69, 9.17) is 9.47 Å². The summed E-state index contributed by atoms with van der Waals surface area (Å²) < 4.78 is 11.9. The predicted octanol–water partition coefficient (Wildman–Crippen LogP) is 6.16. The maximum atomic E-state index is 11.5. The van der Waals surface area contributed by atoms with Crippen LogP contribution in [0.2, 0.25) is 0 Å². The molecule has 0 atom stereocenters. The molecule has 0 aliphatic rings. The minimum Gasteiger partial charge on any atom is -0.507 e. The van der Waals surface area contributed by atoms with Crippen LogP contribution in [-0.2, 0) is 4.74 Å². The number of benzene rings is 3. The summed E-state index contributed by atoms with van der Waals surface area (Å²) >= 11 is 6.72. The number of esters is 1. The Bertz CT molecular complexity index is 953. The van der Waals surface area contributed by atoms with Crippen molar-refractivity contribution in [3.63, 3.8) is 0 Å². The van der Waals surface area contributed by atoms with Crippen molar-refractivity contribution < 1.29 is 19.4 Å². The van der Waals surface area contributed by atoms with Gasteiger partial charge in [-0.05, 0) is 85.5 Å². The highest BCUT2D eigenvalue weighted by Crippen LogP contribution is 2.33. The highest BCUT2D eigenvalue weighted by atomic mass is 79.9. The third-order valence-electron chi connectivity index (χ3n) is 3.72. The van der Waals surface area contributed by atoms with E-state index in [1.807, 2.05) is 36.4 Å². The Morgan fingerprint density at radius 1 is 0.885 bits per heavy atom. The van der Waals surface area contributed by atoms with Crippen molar-refractivity contribution in [2.75, 3.05) is 7.11 Å². The molecule has 0 saturated carbocycles. The summed E-state index contributed by atoms with van der Waals surface area (Å²) in [6.07, 6.45) is 0. The van der Waals surface area contributed by atoms with Crippen molar-refractivity contribution in [1.82, 2.24) is 0 Å². The summed E-state index contributed by atoms with van der Waals surface area (Å²) in [5.41, 5.74) is 2.42. The van der Waals surface area contributed by atoms with Crippen LogP contribution in [0, 0.1) is 0 Å². The largest absolute Gasteiger partial charge is 0.507 e. The van der Waals surface area contributed by atoms with E-state index < -0.39 is 5.97 Å². The lowest BCUT2D eigenvalue weighted by atomic mass is 10.1. The summed E-state index contributed by atoms with van der Waals surface area (Å²) in [5, 5.41) is 9.59. The van der Waals surface area contributed by atoms with E-state index in [1.54, 1.807) is 24.3 Å². The van der Waals surface area contributed by atoms with Gasteiger partial charge in [-0.15, -0.1) is 0 Å². The van der Waals surface area contributed by atoms with Crippen molar-refractivity contribution in [2.24, 2.45) is 0 Å². The van der Waals surface area contributed by atoms with Crippen LogP contribution in [0.1, 0.15) is 10.4 Å². The Morgan fingerprint density at radius 3 is 2.19 bits per heavy atom. The first-order valence-corrected chi connectivity index (χ1v) is 9.21. The average Bonchev–Trinajstić information content (AvgIpc) is 2.65. The molecule has 0 spiro atoms. The molecule has 0 radical (unpaired) electrons. The minimum atomic E-state index is -0.401. The molecule has 0 aliphatic carbocycles. The van der Waals surface area contributed by atoms with Crippen molar-refractivity contribution >= 4 is 37.8 Å². The van der Waals surface area contributed by atoms with E-state index >= 15 is 0 Å². The van der Waals surface area contributed by atoms with Crippen LogP contribution in [0.5, 0.6) is 17.2 Å². The number of halogens is 2. The maximum Gasteiger partial charge on any atom is 0.337 e. The Labute approximate surface area is 167 Å². The Kier molecular flexibility index (Phi) is 5.64. The topological polar surface area (TPSA) is 55.8 Å². The molecular weight excluding hydrogens is 464 g/mol. The molecule has 132 valence electrons. The number of methoxy groups -OCH3 is 1. The summed E-state index contributed by atoms with van der Waals surface area (Å²) in [6, 6.07) is 17.9. The van der Waals surface area contributed by atoms with Gasteiger partial charge in [-0.1, -0.05) is 18.2 Å². The van der Waals surface area contributed by atoms with Gasteiger partial charge in [-0.2, -0.15) is 0 Å². The molecule has 0 heterocycles. The number of hydrogen-bond donors (Lipinski definition) is 1. The van der Waals surface area contributed by atoms with Crippen LogP contribution in [0.3, 0.4) is 0 Å². The summed E-state index contributed by atoms with van der Waals surface area (Å²) in [6.45, 7) is 0. The zero-order valence-electron chi connectivity index (χ0n) is 13.7. The van der Waals surface area contributed by atoms with Crippen molar-refractivity contribution in [1.29, 1.82) is 0 Å². The number of carbonyl (C=O) groups excluding carboxylic acids is 1. The fourth-order valence-electron chi connectivity index (χ4n) is 2.36. The lowest BCUT2D eigenvalue weighted by Gasteiger charge is -2.10. The second kappa shape index (κ2) is 7.93. The first kappa shape index (κ1) is 18.5. The Hall–Kier alpha value is -2.31. The van der Waals surface area contributed by atoms with E-state index in [9.17, 15) is 9.90 Å². The van der Waals surface area contributed by atoms with E-state index in [-0.39, 0.29) is 5.75 Å². The van der Waals surface area contributed by atoms with E-state index in [1.165, 1.54) is 7.11 Å². The number of ether oxygens (including phenoxy) is 2. The Morgan fingerprint density at radius 2 is 1.58 bits per heavy atom. The summed E-state index contributed by atoms with van der Waals surface area (Å²) in [4.78, 5) is 11.5. The van der Waals surface area contributed by atoms with Crippen LogP contribution < -0.4 is 4.74 Å². The van der Waals surface area contributed by atoms with Crippen molar-refractivity contribution in [3.05, 3.63) is 75.2 Å². The Balaban J connectivity index is 1.79. The molecule has 0 bridgehead atoms. The maximum absolute atomic E-state index is 11.5. The number of rotatable bonds is 4. The third-order valence-corrected chi connectivity index (χ3v) is 4.97. The smallest absolute Gasteiger partial charge is 0.337 e. The van der Waals surface area contributed by atoms with Crippen LogP contribution in [-0.4, -0.2) is 18.2 Å². The van der Waals surface area contributed by atoms with Gasteiger partial charge >= 0.3 is 5.97 Å². The van der Waals surface area contributed by atoms with Crippen LogP contribution in [0.25, 0.3) is 11.1 Å². The third kappa shape index (κ3) is 4.08. The van der Waals surface area contributed by atoms with Gasteiger partial charge in [0.2, 0.25) is 0 Å². The molecule has 0 unspecified atom stereocenters. The number of phenolic OH excluding ortho intramolecular Hbond substituents is 1. The van der Waals surface area contributed by atoms with Gasteiger partial charge in [0.1, 0.15) is 17.2 Å². The SMILES string of the molecule is COC(=O)c1ccc(Oc2ccc(-c3ccc(O)c(Br)c3)cc2)c(Br)c1. The highest BCUT2D eigenvalue weighted by molar-refractivity contribution is 9.10. The van der Waals surface area contributed by atoms with Gasteiger partial charge < -0.3 is 14.6 Å². The second-order valence-electron chi connectivity index (χ2n) is 5.43. The molecule has 0 amide bonds. The van der Waals surface area contributed by atoms with E-state index in [0.29, 0.717) is 26.0 Å². The number of phenols is 1. The fourth-order valence-corrected chi connectivity index (χ4v) is 3.20. The first-order valence-electron chi connectivity index (χ1n) is 7.62. The molecule has 0 saturated heterocycles. The van der Waals surface area contributed by atoms with Gasteiger partial charge in [-0.3, -0.25) is 0 Å². The summed E-state index contributed by atoms with van der Waals surface area (Å²) in [5.74, 6) is 1.06. The lowest BCUT2D eigenvalue weighted by Crippen LogP contribution is -2.01. The minimum absolute atomic E-state index is 0.203. The van der Waals surface area contributed by atoms with Crippen LogP contribution in [0.4, 0.5) is 0 Å². The highest BCUT2D eigenvalue weighted by Gasteiger charge is 2.10. The van der Waals surface area contributed by atoms with Gasteiger partial charge in [0.15, 0.2) is 0 Å². The van der Waals surface area contributed by atoms with E-state index in [0.717, 1.165) is 11.1 Å². The molecular formula is C20H14Br2O4. The standard InChI is InChI=1S/C20H14Br2O4/c1-25-20(24)14-5-9-19(17(22)11-14)26-15-6-2-12(3-7-15)13-4-8-18(23)16(21)10-13/h2-11,23H,1H3.